The van der Waals surface area contributed by atoms with Gasteiger partial charge in [0, 0.05) is 0 Å². The van der Waals surface area contributed by atoms with E-state index in [0.29, 0.717) is 0 Å². The number of allylic oxidation sites excluding steroid dienone is 6. The Balaban J connectivity index is 3.26. The Morgan fingerprint density at radius 3 is 1.68 bits per heavy atom. The number of unbranched alkanes of at least 4 members (excludes halogenated alkanes) is 7. The van der Waals surface area contributed by atoms with E-state index in [0.717, 1.165) is 19.3 Å². The molecule has 0 unspecified atom stereocenters. The van der Waals surface area contributed by atoms with Crippen molar-refractivity contribution < 1.29 is 0 Å². The predicted molar refractivity (Wildman–Crippen MR) is 89.2 cm³/mol. The summed E-state index contributed by atoms with van der Waals surface area (Å²) < 4.78 is 0. The van der Waals surface area contributed by atoms with Crippen LogP contribution in [-0.2, 0) is 0 Å². The standard InChI is InChI=1S/C19H33/c1-3-5-7-9-11-13-15-17-19-18-16-14-12-10-8-6-4-2/h12-15,18-19H,1,3-11,16-17H2,2H3. The summed E-state index contributed by atoms with van der Waals surface area (Å²) in [6.07, 6.45) is 27.4. The summed E-state index contributed by atoms with van der Waals surface area (Å²) >= 11 is 0. The molecule has 0 aromatic carbocycles. The maximum Gasteiger partial charge on any atom is -0.0169 e. The molecule has 0 heterocycles. The van der Waals surface area contributed by atoms with Crippen LogP contribution in [0, 0.1) is 6.92 Å². The van der Waals surface area contributed by atoms with Crippen LogP contribution < -0.4 is 0 Å². The van der Waals surface area contributed by atoms with Crippen molar-refractivity contribution in [3.63, 3.8) is 0 Å². The highest BCUT2D eigenvalue weighted by atomic mass is 13.9. The smallest absolute Gasteiger partial charge is 0.0169 e. The zero-order chi connectivity index (χ0) is 14.0. The van der Waals surface area contributed by atoms with E-state index in [1.807, 2.05) is 0 Å². The topological polar surface area (TPSA) is 0 Å². The van der Waals surface area contributed by atoms with Crippen molar-refractivity contribution in [2.75, 3.05) is 0 Å². The second-order valence-electron chi connectivity index (χ2n) is 5.08. The van der Waals surface area contributed by atoms with Gasteiger partial charge >= 0.3 is 0 Å². The molecule has 0 N–H and O–H groups in total. The molecule has 0 fully saturated rings. The second kappa shape index (κ2) is 17.2. The first-order valence-corrected chi connectivity index (χ1v) is 8.16. The van der Waals surface area contributed by atoms with Crippen molar-refractivity contribution >= 4 is 0 Å². The summed E-state index contributed by atoms with van der Waals surface area (Å²) in [5, 5.41) is 0. The molecular formula is C19H33. The Bertz CT molecular complexity index is 232. The monoisotopic (exact) mass is 261 g/mol. The third-order valence-corrected chi connectivity index (χ3v) is 3.14. The maximum atomic E-state index is 3.86. The lowest BCUT2D eigenvalue weighted by Crippen LogP contribution is -1.73. The lowest BCUT2D eigenvalue weighted by atomic mass is 10.1. The molecule has 0 atom stereocenters. The third-order valence-electron chi connectivity index (χ3n) is 3.14. The maximum absolute atomic E-state index is 3.86. The molecule has 0 saturated heterocycles. The fraction of sp³-hybridized carbons (Fsp3) is 0.632. The minimum Gasteiger partial charge on any atom is -0.0882 e. The number of hydrogen-bond acceptors (Lipinski definition) is 0. The zero-order valence-corrected chi connectivity index (χ0v) is 12.9. The van der Waals surface area contributed by atoms with Gasteiger partial charge < -0.3 is 0 Å². The average Bonchev–Trinajstić information content (AvgIpc) is 2.43. The fourth-order valence-corrected chi connectivity index (χ4v) is 1.91. The molecule has 0 saturated carbocycles. The first kappa shape index (κ1) is 18.2. The molecule has 0 bridgehead atoms. The summed E-state index contributed by atoms with van der Waals surface area (Å²) in [6.45, 7) is 6.11. The lowest BCUT2D eigenvalue weighted by molar-refractivity contribution is 0.694. The summed E-state index contributed by atoms with van der Waals surface area (Å²) in [7, 11) is 0. The summed E-state index contributed by atoms with van der Waals surface area (Å²) in [5.41, 5.74) is 0. The van der Waals surface area contributed by atoms with Crippen LogP contribution in [-0.4, -0.2) is 0 Å². The van der Waals surface area contributed by atoms with Gasteiger partial charge in [-0.3, -0.25) is 0 Å². The normalized spacial score (nSPS) is 12.3. The average molecular weight is 261 g/mol. The third kappa shape index (κ3) is 17.2. The molecule has 19 heavy (non-hydrogen) atoms. The SMILES string of the molecule is [CH2]CCCCCC=CCC=CCC=CCCCCC. The molecule has 0 aromatic rings. The van der Waals surface area contributed by atoms with Gasteiger partial charge in [-0.2, -0.15) is 0 Å². The quantitative estimate of drug-likeness (QED) is 0.252. The van der Waals surface area contributed by atoms with Gasteiger partial charge in [0.15, 0.2) is 0 Å². The van der Waals surface area contributed by atoms with Crippen LogP contribution in [0.3, 0.4) is 0 Å². The molecule has 0 amide bonds. The van der Waals surface area contributed by atoms with Gasteiger partial charge in [0.1, 0.15) is 0 Å². The van der Waals surface area contributed by atoms with Crippen LogP contribution in [0.25, 0.3) is 0 Å². The van der Waals surface area contributed by atoms with Gasteiger partial charge in [0.05, 0.1) is 0 Å². The van der Waals surface area contributed by atoms with E-state index in [1.165, 1.54) is 51.4 Å². The Morgan fingerprint density at radius 1 is 0.632 bits per heavy atom. The van der Waals surface area contributed by atoms with E-state index < -0.39 is 0 Å². The highest BCUT2D eigenvalue weighted by molar-refractivity contribution is 4.97. The van der Waals surface area contributed by atoms with Gasteiger partial charge in [0.25, 0.3) is 0 Å². The van der Waals surface area contributed by atoms with E-state index in [4.69, 9.17) is 0 Å². The molecule has 0 rings (SSSR count). The van der Waals surface area contributed by atoms with Gasteiger partial charge in [-0.25, -0.2) is 0 Å². The molecule has 0 aromatic heterocycles. The minimum atomic E-state index is 1.08. The predicted octanol–water partition coefficient (Wildman–Crippen LogP) is 6.80. The Morgan fingerprint density at radius 2 is 1.16 bits per heavy atom. The molecule has 1 radical (unpaired) electrons. The largest absolute Gasteiger partial charge is 0.0882 e. The number of rotatable bonds is 13. The van der Waals surface area contributed by atoms with E-state index in [9.17, 15) is 0 Å². The first-order valence-electron chi connectivity index (χ1n) is 8.16. The van der Waals surface area contributed by atoms with Gasteiger partial charge in [0.2, 0.25) is 0 Å². The molecule has 0 nitrogen and oxygen atoms in total. The van der Waals surface area contributed by atoms with Crippen LogP contribution in [0.2, 0.25) is 0 Å². The zero-order valence-electron chi connectivity index (χ0n) is 12.9. The van der Waals surface area contributed by atoms with Crippen LogP contribution >= 0.6 is 0 Å². The van der Waals surface area contributed by atoms with Crippen molar-refractivity contribution in [2.24, 2.45) is 0 Å². The van der Waals surface area contributed by atoms with Crippen molar-refractivity contribution in [3.05, 3.63) is 43.4 Å². The van der Waals surface area contributed by atoms with Crippen LogP contribution in [0.15, 0.2) is 36.5 Å². The van der Waals surface area contributed by atoms with E-state index in [2.05, 4.69) is 50.3 Å². The summed E-state index contributed by atoms with van der Waals surface area (Å²) in [6, 6.07) is 0. The fourth-order valence-electron chi connectivity index (χ4n) is 1.91. The van der Waals surface area contributed by atoms with Crippen molar-refractivity contribution in [3.8, 4) is 0 Å². The Labute approximate surface area is 121 Å². The summed E-state index contributed by atoms with van der Waals surface area (Å²) in [4.78, 5) is 0. The molecule has 0 aliphatic rings. The summed E-state index contributed by atoms with van der Waals surface area (Å²) in [5.74, 6) is 0. The molecule has 0 heteroatoms. The molecule has 109 valence electrons. The minimum absolute atomic E-state index is 1.08. The van der Waals surface area contributed by atoms with Gasteiger partial charge in [-0.05, 0) is 38.5 Å². The highest BCUT2D eigenvalue weighted by Crippen LogP contribution is 2.03. The Kier molecular flexibility index (Phi) is 16.5. The van der Waals surface area contributed by atoms with Crippen LogP contribution in [0.5, 0.6) is 0 Å². The van der Waals surface area contributed by atoms with Crippen molar-refractivity contribution in [1.29, 1.82) is 0 Å². The first-order chi connectivity index (χ1) is 9.41. The van der Waals surface area contributed by atoms with Crippen molar-refractivity contribution in [1.82, 2.24) is 0 Å². The van der Waals surface area contributed by atoms with Crippen LogP contribution in [0.1, 0.15) is 77.6 Å². The van der Waals surface area contributed by atoms with Gasteiger partial charge in [-0.15, -0.1) is 0 Å². The molecule has 0 spiro atoms. The van der Waals surface area contributed by atoms with E-state index in [-0.39, 0.29) is 0 Å². The molecule has 0 aliphatic heterocycles. The van der Waals surface area contributed by atoms with Crippen molar-refractivity contribution in [2.45, 2.75) is 77.6 Å². The molecular weight excluding hydrogens is 228 g/mol. The lowest BCUT2D eigenvalue weighted by Gasteiger charge is -1.93. The second-order valence-corrected chi connectivity index (χ2v) is 5.08. The highest BCUT2D eigenvalue weighted by Gasteiger charge is 1.83. The van der Waals surface area contributed by atoms with Crippen LogP contribution in [0.4, 0.5) is 0 Å². The van der Waals surface area contributed by atoms with Gasteiger partial charge in [-0.1, -0.05) is 82.4 Å². The van der Waals surface area contributed by atoms with E-state index in [1.54, 1.807) is 0 Å². The molecule has 0 aliphatic carbocycles. The number of hydrogen-bond donors (Lipinski definition) is 0. The van der Waals surface area contributed by atoms with E-state index >= 15 is 0 Å². The Hall–Kier alpha value is -0.780.